The molecule has 13 heavy (non-hydrogen) atoms. The van der Waals surface area contributed by atoms with Crippen molar-refractivity contribution in [2.45, 2.75) is 6.42 Å². The Morgan fingerprint density at radius 1 is 1.23 bits per heavy atom. The lowest BCUT2D eigenvalue weighted by atomic mass is 10.2. The Morgan fingerprint density at radius 3 is 2.23 bits per heavy atom. The van der Waals surface area contributed by atoms with Crippen molar-refractivity contribution in [1.82, 2.24) is 0 Å². The number of benzene rings is 1. The van der Waals surface area contributed by atoms with Crippen LogP contribution in [0.25, 0.3) is 0 Å². The number of phenolic OH excluding ortho intramolecular Hbond substituents is 1. The van der Waals surface area contributed by atoms with Gasteiger partial charge < -0.3 is 5.11 Å². The van der Waals surface area contributed by atoms with Crippen molar-refractivity contribution in [3.05, 3.63) is 29.8 Å². The Hall–Kier alpha value is -1.07. The number of nitrogens with two attached hydrogens (primary N) is 1. The number of rotatable bonds is 3. The molecular weight excluding hydrogens is 190 g/mol. The normalized spacial score (nSPS) is 11.5. The lowest BCUT2D eigenvalue weighted by molar-refractivity contribution is 0.475. The molecule has 0 aliphatic rings. The zero-order valence-electron chi connectivity index (χ0n) is 6.97. The molecule has 0 saturated carbocycles. The van der Waals surface area contributed by atoms with E-state index in [1.807, 2.05) is 0 Å². The largest absolute Gasteiger partial charge is 0.508 e. The molecule has 0 aliphatic heterocycles. The number of hydrogen-bond donors (Lipinski definition) is 2. The van der Waals surface area contributed by atoms with E-state index in [1.165, 1.54) is 12.1 Å². The summed E-state index contributed by atoms with van der Waals surface area (Å²) >= 11 is 0. The van der Waals surface area contributed by atoms with E-state index in [1.54, 1.807) is 12.1 Å². The maximum absolute atomic E-state index is 10.6. The third kappa shape index (κ3) is 3.91. The predicted octanol–water partition coefficient (Wildman–Crippen LogP) is 0.223. The van der Waals surface area contributed by atoms with Crippen molar-refractivity contribution in [2.24, 2.45) is 5.14 Å². The average Bonchev–Trinajstić information content (AvgIpc) is 2.02. The summed E-state index contributed by atoms with van der Waals surface area (Å²) in [7, 11) is -3.39. The summed E-state index contributed by atoms with van der Waals surface area (Å²) in [5, 5.41) is 13.8. The van der Waals surface area contributed by atoms with Crippen LogP contribution in [0.2, 0.25) is 0 Å². The van der Waals surface area contributed by atoms with E-state index >= 15 is 0 Å². The van der Waals surface area contributed by atoms with Crippen molar-refractivity contribution < 1.29 is 13.5 Å². The highest BCUT2D eigenvalue weighted by Crippen LogP contribution is 2.10. The van der Waals surface area contributed by atoms with Crippen LogP contribution in [0.1, 0.15) is 5.56 Å². The maximum atomic E-state index is 10.6. The lowest BCUT2D eigenvalue weighted by Crippen LogP contribution is -2.17. The first kappa shape index (κ1) is 10.0. The van der Waals surface area contributed by atoms with Crippen molar-refractivity contribution in [3.63, 3.8) is 0 Å². The smallest absolute Gasteiger partial charge is 0.209 e. The van der Waals surface area contributed by atoms with E-state index in [0.29, 0.717) is 6.42 Å². The topological polar surface area (TPSA) is 80.4 Å². The average molecular weight is 201 g/mol. The second-order valence-electron chi connectivity index (χ2n) is 2.78. The fourth-order valence-corrected chi connectivity index (χ4v) is 1.44. The van der Waals surface area contributed by atoms with Gasteiger partial charge in [0.05, 0.1) is 5.75 Å². The van der Waals surface area contributed by atoms with Crippen molar-refractivity contribution in [3.8, 4) is 5.75 Å². The molecule has 72 valence electrons. The number of sulfonamides is 1. The van der Waals surface area contributed by atoms with Gasteiger partial charge in [-0.1, -0.05) is 12.1 Å². The van der Waals surface area contributed by atoms with E-state index in [9.17, 15) is 8.42 Å². The summed E-state index contributed by atoms with van der Waals surface area (Å²) in [6, 6.07) is 6.36. The molecule has 0 bridgehead atoms. The van der Waals surface area contributed by atoms with E-state index < -0.39 is 10.0 Å². The number of aryl methyl sites for hydroxylation is 1. The van der Waals surface area contributed by atoms with Crippen molar-refractivity contribution >= 4 is 10.0 Å². The minimum absolute atomic E-state index is 0.0717. The van der Waals surface area contributed by atoms with Gasteiger partial charge in [-0.3, -0.25) is 0 Å². The molecule has 3 N–H and O–H groups in total. The van der Waals surface area contributed by atoms with Crippen LogP contribution >= 0.6 is 0 Å². The lowest BCUT2D eigenvalue weighted by Gasteiger charge is -1.99. The first-order chi connectivity index (χ1) is 5.97. The van der Waals surface area contributed by atoms with Gasteiger partial charge in [0.25, 0.3) is 0 Å². The standard InChI is InChI=1S/C8H11NO3S/c9-13(11,12)6-5-7-1-3-8(10)4-2-7/h1-4,10H,5-6H2,(H2,9,11,12). The Bertz CT molecular complexity index is 369. The number of aromatic hydroxyl groups is 1. The number of hydrogen-bond acceptors (Lipinski definition) is 3. The van der Waals surface area contributed by atoms with Crippen LogP contribution in [0.15, 0.2) is 24.3 Å². The zero-order valence-corrected chi connectivity index (χ0v) is 7.79. The van der Waals surface area contributed by atoms with Gasteiger partial charge in [-0.15, -0.1) is 0 Å². The van der Waals surface area contributed by atoms with Gasteiger partial charge >= 0.3 is 0 Å². The summed E-state index contributed by atoms with van der Waals surface area (Å²) in [5.74, 6) is 0.0944. The fourth-order valence-electron chi connectivity index (χ4n) is 0.923. The minimum Gasteiger partial charge on any atom is -0.508 e. The van der Waals surface area contributed by atoms with Crippen LogP contribution in [-0.2, 0) is 16.4 Å². The van der Waals surface area contributed by atoms with Crippen LogP contribution < -0.4 is 5.14 Å². The second kappa shape index (κ2) is 3.76. The van der Waals surface area contributed by atoms with Crippen molar-refractivity contribution in [1.29, 1.82) is 0 Å². The molecule has 1 aromatic carbocycles. The summed E-state index contributed by atoms with van der Waals surface area (Å²) in [6.07, 6.45) is 0.374. The van der Waals surface area contributed by atoms with Gasteiger partial charge in [0.1, 0.15) is 5.75 Å². The number of primary sulfonamides is 1. The van der Waals surface area contributed by atoms with Gasteiger partial charge in [0, 0.05) is 0 Å². The molecule has 0 amide bonds. The molecular formula is C8H11NO3S. The highest BCUT2D eigenvalue weighted by molar-refractivity contribution is 7.89. The zero-order chi connectivity index (χ0) is 9.90. The van der Waals surface area contributed by atoms with E-state index in [0.717, 1.165) is 5.56 Å². The van der Waals surface area contributed by atoms with Crippen LogP contribution in [0, 0.1) is 0 Å². The van der Waals surface area contributed by atoms with Crippen LogP contribution in [0.3, 0.4) is 0 Å². The molecule has 0 fully saturated rings. The quantitative estimate of drug-likeness (QED) is 0.734. The minimum atomic E-state index is -3.39. The van der Waals surface area contributed by atoms with Gasteiger partial charge in [-0.2, -0.15) is 0 Å². The Kier molecular flexibility index (Phi) is 2.90. The highest BCUT2D eigenvalue weighted by atomic mass is 32.2. The molecule has 0 heterocycles. The summed E-state index contributed by atoms with van der Waals surface area (Å²) < 4.78 is 21.2. The molecule has 0 spiro atoms. The first-order valence-corrected chi connectivity index (χ1v) is 5.47. The van der Waals surface area contributed by atoms with Crippen LogP contribution in [-0.4, -0.2) is 19.3 Å². The van der Waals surface area contributed by atoms with Crippen LogP contribution in [0.4, 0.5) is 0 Å². The van der Waals surface area contributed by atoms with E-state index in [4.69, 9.17) is 10.2 Å². The molecule has 0 unspecified atom stereocenters. The second-order valence-corrected chi connectivity index (χ2v) is 4.52. The molecule has 0 radical (unpaired) electrons. The van der Waals surface area contributed by atoms with Crippen LogP contribution in [0.5, 0.6) is 5.75 Å². The van der Waals surface area contributed by atoms with Gasteiger partial charge in [-0.05, 0) is 24.1 Å². The SMILES string of the molecule is NS(=O)(=O)CCc1ccc(O)cc1. The molecule has 4 nitrogen and oxygen atoms in total. The Labute approximate surface area is 77.1 Å². The molecule has 0 saturated heterocycles. The summed E-state index contributed by atoms with van der Waals surface area (Å²) in [4.78, 5) is 0. The molecule has 1 aromatic rings. The molecule has 0 aromatic heterocycles. The predicted molar refractivity (Wildman–Crippen MR) is 49.8 cm³/mol. The molecule has 1 rings (SSSR count). The van der Waals surface area contributed by atoms with E-state index in [2.05, 4.69) is 0 Å². The molecule has 5 heteroatoms. The highest BCUT2D eigenvalue weighted by Gasteiger charge is 2.02. The number of phenols is 1. The Morgan fingerprint density at radius 2 is 1.77 bits per heavy atom. The van der Waals surface area contributed by atoms with E-state index in [-0.39, 0.29) is 11.5 Å². The first-order valence-electron chi connectivity index (χ1n) is 3.76. The van der Waals surface area contributed by atoms with Gasteiger partial charge in [-0.25, -0.2) is 13.6 Å². The van der Waals surface area contributed by atoms with Crippen molar-refractivity contribution in [2.75, 3.05) is 5.75 Å². The maximum Gasteiger partial charge on any atom is 0.209 e. The van der Waals surface area contributed by atoms with Gasteiger partial charge in [0.15, 0.2) is 0 Å². The Balaban J connectivity index is 2.61. The summed E-state index contributed by atoms with van der Waals surface area (Å²) in [6.45, 7) is 0. The molecule has 0 atom stereocenters. The van der Waals surface area contributed by atoms with Gasteiger partial charge in [0.2, 0.25) is 10.0 Å². The monoisotopic (exact) mass is 201 g/mol. The third-order valence-corrected chi connectivity index (χ3v) is 2.38. The third-order valence-electron chi connectivity index (χ3n) is 1.61. The fraction of sp³-hybridized carbons (Fsp3) is 0.250. The summed E-state index contributed by atoms with van der Waals surface area (Å²) in [5.41, 5.74) is 0.840. The molecule has 0 aliphatic carbocycles.